The second-order valence-electron chi connectivity index (χ2n) is 6.71. The molecule has 7 heteroatoms. The molecule has 1 heterocycles. The summed E-state index contributed by atoms with van der Waals surface area (Å²) in [6, 6.07) is 6.94. The van der Waals surface area contributed by atoms with Crippen molar-refractivity contribution in [3.05, 3.63) is 30.1 Å². The Morgan fingerprint density at radius 2 is 1.88 bits per heavy atom. The molecule has 0 radical (unpaired) electrons. The summed E-state index contributed by atoms with van der Waals surface area (Å²) >= 11 is 0. The smallest absolute Gasteiger partial charge is 0.319 e. The number of anilines is 1. The predicted molar refractivity (Wildman–Crippen MR) is 96.3 cm³/mol. The van der Waals surface area contributed by atoms with Crippen molar-refractivity contribution in [2.24, 2.45) is 5.92 Å². The second kappa shape index (κ2) is 8.62. The van der Waals surface area contributed by atoms with E-state index in [-0.39, 0.29) is 24.0 Å². The molecule has 0 aliphatic rings. The molecule has 1 aromatic heterocycles. The number of nitrogens with zero attached hydrogens (tertiary/aromatic N) is 2. The van der Waals surface area contributed by atoms with Crippen molar-refractivity contribution in [1.82, 2.24) is 15.5 Å². The molecule has 0 aliphatic carbocycles. The number of hydrogen-bond donors (Lipinski definition) is 3. The van der Waals surface area contributed by atoms with Gasteiger partial charge in [-0.1, -0.05) is 25.9 Å². The van der Waals surface area contributed by atoms with E-state index in [1.54, 1.807) is 19.1 Å². The van der Waals surface area contributed by atoms with Crippen LogP contribution in [0.2, 0.25) is 0 Å². The third kappa shape index (κ3) is 5.86. The number of hydrogen-bond acceptors (Lipinski definition) is 5. The van der Waals surface area contributed by atoms with Gasteiger partial charge in [0.1, 0.15) is 0 Å². The topological polar surface area (TPSA) is 100 Å². The quantitative estimate of drug-likeness (QED) is 0.713. The van der Waals surface area contributed by atoms with Gasteiger partial charge in [0, 0.05) is 23.7 Å². The Morgan fingerprint density at radius 3 is 2.44 bits per heavy atom. The van der Waals surface area contributed by atoms with Crippen molar-refractivity contribution in [3.63, 3.8) is 0 Å². The minimum Gasteiger partial charge on any atom is -0.393 e. The molecule has 1 aromatic carbocycles. The van der Waals surface area contributed by atoms with Crippen molar-refractivity contribution < 1.29 is 14.4 Å². The van der Waals surface area contributed by atoms with E-state index in [1.165, 1.54) is 0 Å². The number of aromatic nitrogens is 2. The summed E-state index contributed by atoms with van der Waals surface area (Å²) in [7, 11) is 0. The van der Waals surface area contributed by atoms with Gasteiger partial charge in [-0.3, -0.25) is 0 Å². The molecule has 0 spiro atoms. The molecular formula is C18H26N4O3. The van der Waals surface area contributed by atoms with E-state index in [1.807, 2.05) is 32.9 Å². The molecule has 0 saturated carbocycles. The number of nitrogens with one attached hydrogen (secondary N) is 2. The fraction of sp³-hybridized carbons (Fsp3) is 0.500. The molecule has 2 atom stereocenters. The number of amides is 2. The maximum absolute atomic E-state index is 11.9. The monoisotopic (exact) mass is 346 g/mol. The van der Waals surface area contributed by atoms with Crippen LogP contribution in [-0.2, 0) is 0 Å². The van der Waals surface area contributed by atoms with Crippen molar-refractivity contribution in [2.45, 2.75) is 46.1 Å². The molecule has 0 fully saturated rings. The minimum atomic E-state index is -0.367. The molecule has 0 aliphatic heterocycles. The molecule has 25 heavy (non-hydrogen) atoms. The van der Waals surface area contributed by atoms with Gasteiger partial charge in [-0.2, -0.15) is 4.98 Å². The van der Waals surface area contributed by atoms with E-state index in [4.69, 9.17) is 4.52 Å². The molecule has 0 saturated heterocycles. The van der Waals surface area contributed by atoms with Gasteiger partial charge >= 0.3 is 6.03 Å². The third-order valence-electron chi connectivity index (χ3n) is 3.70. The Balaban J connectivity index is 1.88. The zero-order valence-corrected chi connectivity index (χ0v) is 15.1. The van der Waals surface area contributed by atoms with Crippen LogP contribution in [0.3, 0.4) is 0 Å². The first kappa shape index (κ1) is 18.9. The highest BCUT2D eigenvalue weighted by atomic mass is 16.5. The summed E-state index contributed by atoms with van der Waals surface area (Å²) in [6.07, 6.45) is 0.283. The van der Waals surface area contributed by atoms with Gasteiger partial charge in [-0.25, -0.2) is 4.79 Å². The molecule has 0 unspecified atom stereocenters. The van der Waals surface area contributed by atoms with E-state index < -0.39 is 0 Å². The van der Waals surface area contributed by atoms with Crippen molar-refractivity contribution >= 4 is 11.7 Å². The molecule has 2 aromatic rings. The van der Waals surface area contributed by atoms with Gasteiger partial charge in [0.2, 0.25) is 0 Å². The molecule has 2 amide bonds. The van der Waals surface area contributed by atoms with Crippen LogP contribution < -0.4 is 10.6 Å². The first-order valence-electron chi connectivity index (χ1n) is 8.52. The number of benzene rings is 1. The van der Waals surface area contributed by atoms with Crippen molar-refractivity contribution in [2.75, 3.05) is 11.9 Å². The normalized spacial score (nSPS) is 13.5. The van der Waals surface area contributed by atoms with E-state index in [9.17, 15) is 9.90 Å². The molecule has 0 bridgehead atoms. The molecule has 7 nitrogen and oxygen atoms in total. The Hall–Kier alpha value is -2.41. The molecule has 3 N–H and O–H groups in total. The molecule has 136 valence electrons. The van der Waals surface area contributed by atoms with Gasteiger partial charge in [0.15, 0.2) is 5.82 Å². The van der Waals surface area contributed by atoms with Gasteiger partial charge < -0.3 is 20.3 Å². The average molecular weight is 346 g/mol. The standard InChI is InChI=1S/C18H26N4O3/c1-11(2)16-21-17(25-22-16)14-5-7-15(8-6-14)20-18(24)19-10-12(3)9-13(4)23/h5-8,11-13,23H,9-10H2,1-4H3,(H2,19,20,24)/t12-,13-/m1/s1. The van der Waals surface area contributed by atoms with E-state index in [0.29, 0.717) is 30.4 Å². The zero-order chi connectivity index (χ0) is 18.4. The summed E-state index contributed by atoms with van der Waals surface area (Å²) in [6.45, 7) is 8.24. The van der Waals surface area contributed by atoms with Gasteiger partial charge in [0.05, 0.1) is 6.10 Å². The van der Waals surface area contributed by atoms with Crippen LogP contribution in [0.1, 0.15) is 45.9 Å². The van der Waals surface area contributed by atoms with Crippen molar-refractivity contribution in [3.8, 4) is 11.5 Å². The molecular weight excluding hydrogens is 320 g/mol. The third-order valence-corrected chi connectivity index (χ3v) is 3.70. The highest BCUT2D eigenvalue weighted by Gasteiger charge is 2.12. The summed E-state index contributed by atoms with van der Waals surface area (Å²) in [4.78, 5) is 16.3. The van der Waals surface area contributed by atoms with Gasteiger partial charge in [-0.05, 0) is 43.5 Å². The highest BCUT2D eigenvalue weighted by Crippen LogP contribution is 2.21. The number of carbonyl (C=O) groups is 1. The van der Waals surface area contributed by atoms with Crippen LogP contribution in [0.5, 0.6) is 0 Å². The second-order valence-corrected chi connectivity index (χ2v) is 6.71. The van der Waals surface area contributed by atoms with Gasteiger partial charge in [-0.15, -0.1) is 0 Å². The Bertz CT molecular complexity index is 680. The fourth-order valence-corrected chi connectivity index (χ4v) is 2.39. The zero-order valence-electron chi connectivity index (χ0n) is 15.1. The Kier molecular flexibility index (Phi) is 6.52. The van der Waals surface area contributed by atoms with E-state index in [0.717, 1.165) is 5.56 Å². The first-order valence-corrected chi connectivity index (χ1v) is 8.52. The van der Waals surface area contributed by atoms with E-state index >= 15 is 0 Å². The van der Waals surface area contributed by atoms with Crippen LogP contribution in [0.4, 0.5) is 10.5 Å². The Labute approximate surface area is 147 Å². The van der Waals surface area contributed by atoms with Crippen LogP contribution in [-0.4, -0.2) is 33.9 Å². The lowest BCUT2D eigenvalue weighted by Gasteiger charge is -2.14. The fourth-order valence-electron chi connectivity index (χ4n) is 2.39. The number of aliphatic hydroxyl groups excluding tert-OH is 1. The lowest BCUT2D eigenvalue weighted by molar-refractivity contribution is 0.163. The van der Waals surface area contributed by atoms with Gasteiger partial charge in [0.25, 0.3) is 5.89 Å². The maximum atomic E-state index is 11.9. The summed E-state index contributed by atoms with van der Waals surface area (Å²) < 4.78 is 5.25. The molecule has 2 rings (SSSR count). The predicted octanol–water partition coefficient (Wildman–Crippen LogP) is 3.39. The van der Waals surface area contributed by atoms with Crippen LogP contribution in [0.25, 0.3) is 11.5 Å². The minimum absolute atomic E-state index is 0.207. The van der Waals surface area contributed by atoms with Crippen LogP contribution in [0.15, 0.2) is 28.8 Å². The lowest BCUT2D eigenvalue weighted by Crippen LogP contribution is -2.33. The summed E-state index contributed by atoms with van der Waals surface area (Å²) in [5.41, 5.74) is 1.48. The first-order chi connectivity index (χ1) is 11.8. The number of urea groups is 1. The summed E-state index contributed by atoms with van der Waals surface area (Å²) in [5.74, 6) is 1.55. The van der Waals surface area contributed by atoms with E-state index in [2.05, 4.69) is 20.8 Å². The highest BCUT2D eigenvalue weighted by molar-refractivity contribution is 5.89. The van der Waals surface area contributed by atoms with Crippen LogP contribution in [0, 0.1) is 5.92 Å². The number of aliphatic hydroxyl groups is 1. The summed E-state index contributed by atoms with van der Waals surface area (Å²) in [5, 5.41) is 18.8. The Morgan fingerprint density at radius 1 is 1.20 bits per heavy atom. The maximum Gasteiger partial charge on any atom is 0.319 e. The largest absolute Gasteiger partial charge is 0.393 e. The van der Waals surface area contributed by atoms with Crippen LogP contribution >= 0.6 is 0 Å². The lowest BCUT2D eigenvalue weighted by atomic mass is 10.1. The average Bonchev–Trinajstić information content (AvgIpc) is 3.03. The number of carbonyl (C=O) groups excluding carboxylic acids is 1. The van der Waals surface area contributed by atoms with Crippen molar-refractivity contribution in [1.29, 1.82) is 0 Å². The number of rotatable bonds is 7. The SMILES string of the molecule is CC(C)c1noc(-c2ccc(NC(=O)NC[C@H](C)C[C@@H](C)O)cc2)n1.